The SMILES string of the molecule is CCC1CN(CC(N)C#N)CCN1C. The molecular weight excluding hydrogens is 176 g/mol. The molecule has 4 nitrogen and oxygen atoms in total. The van der Waals surface area contributed by atoms with Gasteiger partial charge in [0.1, 0.15) is 6.04 Å². The summed E-state index contributed by atoms with van der Waals surface area (Å²) in [6.45, 7) is 6.07. The molecule has 2 atom stereocenters. The molecule has 0 aliphatic carbocycles. The summed E-state index contributed by atoms with van der Waals surface area (Å²) in [6.07, 6.45) is 1.16. The summed E-state index contributed by atoms with van der Waals surface area (Å²) in [7, 11) is 2.16. The minimum absolute atomic E-state index is 0.337. The highest BCUT2D eigenvalue weighted by atomic mass is 15.3. The molecule has 0 aromatic carbocycles. The zero-order valence-electron chi connectivity index (χ0n) is 9.11. The molecule has 0 spiro atoms. The van der Waals surface area contributed by atoms with Crippen molar-refractivity contribution in [2.45, 2.75) is 25.4 Å². The van der Waals surface area contributed by atoms with Crippen LogP contribution in [-0.2, 0) is 0 Å². The summed E-state index contributed by atoms with van der Waals surface area (Å²) in [5.74, 6) is 0. The molecule has 2 N–H and O–H groups in total. The fourth-order valence-corrected chi connectivity index (χ4v) is 1.94. The monoisotopic (exact) mass is 196 g/mol. The highest BCUT2D eigenvalue weighted by molar-refractivity contribution is 4.91. The number of piperazine rings is 1. The molecule has 1 aliphatic heterocycles. The lowest BCUT2D eigenvalue weighted by Crippen LogP contribution is -2.53. The molecule has 1 heterocycles. The minimum atomic E-state index is -0.337. The van der Waals surface area contributed by atoms with Gasteiger partial charge in [0, 0.05) is 32.2 Å². The lowest BCUT2D eigenvalue weighted by molar-refractivity contribution is 0.0922. The van der Waals surface area contributed by atoms with Gasteiger partial charge >= 0.3 is 0 Å². The third-order valence-electron chi connectivity index (χ3n) is 2.95. The Kier molecular flexibility index (Phi) is 4.33. The molecule has 0 aromatic heterocycles. The maximum Gasteiger partial charge on any atom is 0.106 e. The van der Waals surface area contributed by atoms with E-state index >= 15 is 0 Å². The van der Waals surface area contributed by atoms with E-state index in [0.717, 1.165) is 26.1 Å². The summed E-state index contributed by atoms with van der Waals surface area (Å²) in [5, 5.41) is 8.63. The number of nitrogens with zero attached hydrogens (tertiary/aromatic N) is 3. The van der Waals surface area contributed by atoms with Crippen molar-refractivity contribution in [3.05, 3.63) is 0 Å². The smallest absolute Gasteiger partial charge is 0.106 e. The van der Waals surface area contributed by atoms with E-state index in [9.17, 15) is 0 Å². The molecule has 1 rings (SSSR count). The molecule has 1 saturated heterocycles. The third kappa shape index (κ3) is 2.95. The highest BCUT2D eigenvalue weighted by Crippen LogP contribution is 2.10. The predicted octanol–water partition coefficient (Wildman–Crippen LogP) is -0.137. The molecule has 14 heavy (non-hydrogen) atoms. The van der Waals surface area contributed by atoms with Crippen molar-refractivity contribution in [3.8, 4) is 6.07 Å². The Hall–Kier alpha value is -0.630. The average molecular weight is 196 g/mol. The fraction of sp³-hybridized carbons (Fsp3) is 0.900. The van der Waals surface area contributed by atoms with Gasteiger partial charge in [-0.25, -0.2) is 0 Å². The van der Waals surface area contributed by atoms with Crippen LogP contribution in [-0.4, -0.2) is 55.1 Å². The van der Waals surface area contributed by atoms with Crippen molar-refractivity contribution < 1.29 is 0 Å². The van der Waals surface area contributed by atoms with Crippen LogP contribution in [0.25, 0.3) is 0 Å². The van der Waals surface area contributed by atoms with Crippen LogP contribution in [0.2, 0.25) is 0 Å². The largest absolute Gasteiger partial charge is 0.315 e. The Labute approximate surface area is 86.3 Å². The van der Waals surface area contributed by atoms with Crippen LogP contribution in [0.5, 0.6) is 0 Å². The van der Waals surface area contributed by atoms with E-state index in [1.807, 2.05) is 0 Å². The van der Waals surface area contributed by atoms with Crippen molar-refractivity contribution in [3.63, 3.8) is 0 Å². The number of nitriles is 1. The number of nitrogens with two attached hydrogens (primary N) is 1. The zero-order chi connectivity index (χ0) is 10.6. The lowest BCUT2D eigenvalue weighted by Gasteiger charge is -2.39. The van der Waals surface area contributed by atoms with Crippen LogP contribution in [0.3, 0.4) is 0 Å². The molecule has 1 fully saturated rings. The van der Waals surface area contributed by atoms with Gasteiger partial charge in [-0.2, -0.15) is 5.26 Å². The van der Waals surface area contributed by atoms with Crippen molar-refractivity contribution in [1.29, 1.82) is 5.26 Å². The molecule has 2 unspecified atom stereocenters. The summed E-state index contributed by atoms with van der Waals surface area (Å²) >= 11 is 0. The Morgan fingerprint density at radius 3 is 2.86 bits per heavy atom. The van der Waals surface area contributed by atoms with Gasteiger partial charge in [0.05, 0.1) is 6.07 Å². The maximum absolute atomic E-state index is 8.63. The van der Waals surface area contributed by atoms with Gasteiger partial charge < -0.3 is 10.6 Å². The second-order valence-corrected chi connectivity index (χ2v) is 4.04. The maximum atomic E-state index is 8.63. The van der Waals surface area contributed by atoms with E-state index in [4.69, 9.17) is 11.0 Å². The Balaban J connectivity index is 2.39. The van der Waals surface area contributed by atoms with Gasteiger partial charge in [0.15, 0.2) is 0 Å². The standard InChI is InChI=1S/C10H20N4/c1-3-10-8-14(5-4-13(10)2)7-9(12)6-11/h9-10H,3-5,7-8,12H2,1-2H3. The number of hydrogen-bond donors (Lipinski definition) is 1. The summed E-state index contributed by atoms with van der Waals surface area (Å²) in [6, 6.07) is 2.36. The zero-order valence-corrected chi connectivity index (χ0v) is 9.11. The first kappa shape index (κ1) is 11.4. The second-order valence-electron chi connectivity index (χ2n) is 4.04. The van der Waals surface area contributed by atoms with E-state index in [1.165, 1.54) is 0 Å². The van der Waals surface area contributed by atoms with Gasteiger partial charge in [0.2, 0.25) is 0 Å². The normalized spacial score (nSPS) is 27.1. The molecule has 4 heteroatoms. The molecule has 1 aliphatic rings. The second kappa shape index (κ2) is 5.30. The summed E-state index contributed by atoms with van der Waals surface area (Å²) in [5.41, 5.74) is 5.61. The van der Waals surface area contributed by atoms with Crippen LogP contribution < -0.4 is 5.73 Å². The van der Waals surface area contributed by atoms with E-state index in [2.05, 4.69) is 29.8 Å². The summed E-state index contributed by atoms with van der Waals surface area (Å²) < 4.78 is 0. The number of likely N-dealkylation sites (N-methyl/N-ethyl adjacent to an activating group) is 1. The molecular formula is C10H20N4. The average Bonchev–Trinajstić information content (AvgIpc) is 2.20. The van der Waals surface area contributed by atoms with E-state index in [0.29, 0.717) is 12.6 Å². The van der Waals surface area contributed by atoms with E-state index in [-0.39, 0.29) is 6.04 Å². The van der Waals surface area contributed by atoms with Crippen LogP contribution in [0.1, 0.15) is 13.3 Å². The van der Waals surface area contributed by atoms with Gasteiger partial charge in [0.25, 0.3) is 0 Å². The third-order valence-corrected chi connectivity index (χ3v) is 2.95. The number of hydrogen-bond acceptors (Lipinski definition) is 4. The van der Waals surface area contributed by atoms with Gasteiger partial charge in [-0.05, 0) is 13.5 Å². The minimum Gasteiger partial charge on any atom is -0.315 e. The first-order chi connectivity index (χ1) is 6.67. The number of rotatable bonds is 3. The molecule has 0 bridgehead atoms. The van der Waals surface area contributed by atoms with Crippen LogP contribution in [0.4, 0.5) is 0 Å². The molecule has 0 radical (unpaired) electrons. The quantitative estimate of drug-likeness (QED) is 0.683. The Morgan fingerprint density at radius 1 is 1.57 bits per heavy atom. The van der Waals surface area contributed by atoms with Gasteiger partial charge in [-0.1, -0.05) is 6.92 Å². The van der Waals surface area contributed by atoms with Crippen LogP contribution in [0, 0.1) is 11.3 Å². The van der Waals surface area contributed by atoms with Gasteiger partial charge in [-0.15, -0.1) is 0 Å². The highest BCUT2D eigenvalue weighted by Gasteiger charge is 2.23. The Morgan fingerprint density at radius 2 is 2.29 bits per heavy atom. The van der Waals surface area contributed by atoms with Gasteiger partial charge in [-0.3, -0.25) is 4.90 Å². The first-order valence-electron chi connectivity index (χ1n) is 5.25. The summed E-state index contributed by atoms with van der Waals surface area (Å²) in [4.78, 5) is 4.68. The van der Waals surface area contributed by atoms with E-state index in [1.54, 1.807) is 0 Å². The molecule has 0 amide bonds. The van der Waals surface area contributed by atoms with Crippen molar-refractivity contribution in [2.24, 2.45) is 5.73 Å². The lowest BCUT2D eigenvalue weighted by atomic mass is 10.1. The van der Waals surface area contributed by atoms with Crippen molar-refractivity contribution in [1.82, 2.24) is 9.80 Å². The van der Waals surface area contributed by atoms with Crippen LogP contribution >= 0.6 is 0 Å². The van der Waals surface area contributed by atoms with Crippen molar-refractivity contribution >= 4 is 0 Å². The molecule has 0 aromatic rings. The van der Waals surface area contributed by atoms with Crippen LogP contribution in [0.15, 0.2) is 0 Å². The first-order valence-corrected chi connectivity index (χ1v) is 5.25. The Bertz CT molecular complexity index is 211. The van der Waals surface area contributed by atoms with E-state index < -0.39 is 0 Å². The topological polar surface area (TPSA) is 56.3 Å². The van der Waals surface area contributed by atoms with Crippen molar-refractivity contribution in [2.75, 3.05) is 33.2 Å². The fourth-order valence-electron chi connectivity index (χ4n) is 1.94. The molecule has 0 saturated carbocycles. The predicted molar refractivity (Wildman–Crippen MR) is 56.7 cm³/mol. The molecule has 80 valence electrons.